The minimum atomic E-state index is -0.229. The maximum atomic E-state index is 13.9. The molecule has 2 N–H and O–H groups in total. The number of hydrogen-bond acceptors (Lipinski definition) is 2. The van der Waals surface area contributed by atoms with E-state index in [1.165, 1.54) is 22.8 Å². The highest BCUT2D eigenvalue weighted by molar-refractivity contribution is 6.15. The van der Waals surface area contributed by atoms with Crippen LogP contribution in [0.25, 0.3) is 27.6 Å². The van der Waals surface area contributed by atoms with Gasteiger partial charge >= 0.3 is 0 Å². The topological polar surface area (TPSA) is 40.2 Å². The van der Waals surface area contributed by atoms with Crippen molar-refractivity contribution >= 4 is 22.2 Å². The van der Waals surface area contributed by atoms with E-state index >= 15 is 0 Å². The lowest BCUT2D eigenvalue weighted by Gasteiger charge is -2.17. The number of nitrogens with one attached hydrogen (secondary N) is 2. The summed E-state index contributed by atoms with van der Waals surface area (Å²) in [6.07, 6.45) is 3.31. The summed E-state index contributed by atoms with van der Waals surface area (Å²) in [4.78, 5) is 8.50. The van der Waals surface area contributed by atoms with Gasteiger partial charge in [-0.3, -0.25) is 4.99 Å². The van der Waals surface area contributed by atoms with E-state index in [1.807, 2.05) is 18.2 Å². The number of benzene rings is 3. The summed E-state index contributed by atoms with van der Waals surface area (Å²) >= 11 is 0. The van der Waals surface area contributed by atoms with Gasteiger partial charge in [0, 0.05) is 29.6 Å². The number of rotatable bonds is 5. The molecule has 4 heteroatoms. The molecule has 0 aliphatic carbocycles. The highest BCUT2D eigenvalue weighted by Gasteiger charge is 2.16. The smallest absolute Gasteiger partial charge is 0.123 e. The van der Waals surface area contributed by atoms with Crippen molar-refractivity contribution in [2.24, 2.45) is 4.99 Å². The Hall–Kier alpha value is -3.50. The number of nitrogens with zero attached hydrogens (tertiary/aromatic N) is 1. The molecule has 3 nitrogen and oxygen atoms in total. The molecule has 0 amide bonds. The van der Waals surface area contributed by atoms with Crippen LogP contribution in [0.15, 0.2) is 77.8 Å². The van der Waals surface area contributed by atoms with Crippen LogP contribution in [0.4, 0.5) is 4.39 Å². The third kappa shape index (κ3) is 4.27. The van der Waals surface area contributed by atoms with Crippen LogP contribution in [0.5, 0.6) is 0 Å². The lowest BCUT2D eigenvalue weighted by molar-refractivity contribution is 0.628. The third-order valence-electron chi connectivity index (χ3n) is 6.30. The van der Waals surface area contributed by atoms with Crippen molar-refractivity contribution in [3.63, 3.8) is 0 Å². The minimum Gasteiger partial charge on any atom is -0.353 e. The molecule has 5 rings (SSSR count). The summed E-state index contributed by atoms with van der Waals surface area (Å²) in [7, 11) is 0. The zero-order valence-electron chi connectivity index (χ0n) is 19.1. The van der Waals surface area contributed by atoms with Crippen LogP contribution >= 0.6 is 0 Å². The fourth-order valence-electron chi connectivity index (χ4n) is 4.63. The first-order valence-corrected chi connectivity index (χ1v) is 11.6. The largest absolute Gasteiger partial charge is 0.353 e. The Kier molecular flexibility index (Phi) is 5.93. The molecule has 0 radical (unpaired) electrons. The number of halogens is 1. The van der Waals surface area contributed by atoms with Crippen molar-refractivity contribution in [3.8, 4) is 11.1 Å². The second-order valence-electron chi connectivity index (χ2n) is 8.50. The SMILES string of the molecule is CCN=C(c1cc2c(-c3cccc(F)c3)cccc2[nH]1)c1cc(C2=CCNCC2)ccc1C. The van der Waals surface area contributed by atoms with E-state index in [0.717, 1.165) is 58.5 Å². The summed E-state index contributed by atoms with van der Waals surface area (Å²) in [5.41, 5.74) is 9.84. The summed E-state index contributed by atoms with van der Waals surface area (Å²) in [5.74, 6) is -0.229. The van der Waals surface area contributed by atoms with Crippen molar-refractivity contribution in [2.45, 2.75) is 20.3 Å². The maximum absolute atomic E-state index is 13.9. The highest BCUT2D eigenvalue weighted by Crippen LogP contribution is 2.31. The molecule has 0 saturated heterocycles. The van der Waals surface area contributed by atoms with Gasteiger partial charge in [0.15, 0.2) is 0 Å². The van der Waals surface area contributed by atoms with Crippen molar-refractivity contribution in [1.82, 2.24) is 10.3 Å². The molecule has 1 aromatic heterocycles. The van der Waals surface area contributed by atoms with E-state index < -0.39 is 0 Å². The Labute approximate surface area is 194 Å². The predicted molar refractivity (Wildman–Crippen MR) is 137 cm³/mol. The van der Waals surface area contributed by atoms with Gasteiger partial charge in [-0.1, -0.05) is 42.5 Å². The van der Waals surface area contributed by atoms with Gasteiger partial charge in [0.25, 0.3) is 0 Å². The number of aromatic nitrogens is 1. The first kappa shape index (κ1) is 21.4. The molecule has 0 bridgehead atoms. The van der Waals surface area contributed by atoms with E-state index in [1.54, 1.807) is 12.1 Å². The highest BCUT2D eigenvalue weighted by atomic mass is 19.1. The lowest BCUT2D eigenvalue weighted by atomic mass is 9.93. The van der Waals surface area contributed by atoms with Crippen LogP contribution in [0, 0.1) is 12.7 Å². The van der Waals surface area contributed by atoms with Gasteiger partial charge in [-0.2, -0.15) is 0 Å². The normalized spacial score (nSPS) is 14.5. The molecule has 0 fully saturated rings. The van der Waals surface area contributed by atoms with Gasteiger partial charge in [0.2, 0.25) is 0 Å². The Balaban J connectivity index is 1.63. The van der Waals surface area contributed by atoms with Crippen molar-refractivity contribution in [2.75, 3.05) is 19.6 Å². The molecular weight excluding hydrogens is 409 g/mol. The van der Waals surface area contributed by atoms with Gasteiger partial charge in [-0.05, 0) is 85.0 Å². The van der Waals surface area contributed by atoms with Crippen LogP contribution in [0.3, 0.4) is 0 Å². The number of fused-ring (bicyclic) bond motifs is 1. The zero-order valence-corrected chi connectivity index (χ0v) is 19.1. The molecule has 4 aromatic rings. The molecule has 1 aliphatic heterocycles. The molecule has 166 valence electrons. The van der Waals surface area contributed by atoms with Gasteiger partial charge in [0.1, 0.15) is 5.82 Å². The average molecular weight is 438 g/mol. The van der Waals surface area contributed by atoms with Crippen LogP contribution in [0.1, 0.15) is 35.7 Å². The summed E-state index contributed by atoms with van der Waals surface area (Å²) in [6, 6.07) is 21.7. The first-order chi connectivity index (χ1) is 16.1. The standard InChI is InChI=1S/C29H28FN3/c1-3-32-29(25-17-21(11-10-19(25)2)20-12-14-31-15-13-20)28-18-26-24(8-5-9-27(26)33-28)22-6-4-7-23(30)16-22/h4-12,16-18,31,33H,3,13-15H2,1-2H3. The average Bonchev–Trinajstić information content (AvgIpc) is 3.28. The molecule has 33 heavy (non-hydrogen) atoms. The molecule has 0 saturated carbocycles. The van der Waals surface area contributed by atoms with Crippen molar-refractivity contribution in [3.05, 3.63) is 101 Å². The Morgan fingerprint density at radius 2 is 1.88 bits per heavy atom. The Bertz CT molecular complexity index is 1380. The lowest BCUT2D eigenvalue weighted by Crippen LogP contribution is -2.20. The monoisotopic (exact) mass is 437 g/mol. The molecule has 3 aromatic carbocycles. The number of aryl methyl sites for hydroxylation is 1. The van der Waals surface area contributed by atoms with Gasteiger partial charge in [0.05, 0.1) is 11.4 Å². The third-order valence-corrected chi connectivity index (χ3v) is 6.30. The summed E-state index contributed by atoms with van der Waals surface area (Å²) in [6.45, 7) is 6.82. The van der Waals surface area contributed by atoms with E-state index in [4.69, 9.17) is 4.99 Å². The first-order valence-electron chi connectivity index (χ1n) is 11.6. The second-order valence-corrected chi connectivity index (χ2v) is 8.50. The van der Waals surface area contributed by atoms with Gasteiger partial charge < -0.3 is 10.3 Å². The Morgan fingerprint density at radius 3 is 2.67 bits per heavy atom. The number of aliphatic imine (C=N–C) groups is 1. The quantitative estimate of drug-likeness (QED) is 0.343. The van der Waals surface area contributed by atoms with E-state index in [0.29, 0.717) is 6.54 Å². The van der Waals surface area contributed by atoms with Crippen LogP contribution < -0.4 is 5.32 Å². The fourth-order valence-corrected chi connectivity index (χ4v) is 4.63. The zero-order chi connectivity index (χ0) is 22.8. The van der Waals surface area contributed by atoms with Crippen LogP contribution in [-0.2, 0) is 0 Å². The number of H-pyrrole nitrogens is 1. The van der Waals surface area contributed by atoms with E-state index in [9.17, 15) is 4.39 Å². The second kappa shape index (κ2) is 9.16. The van der Waals surface area contributed by atoms with Gasteiger partial charge in [-0.25, -0.2) is 4.39 Å². The van der Waals surface area contributed by atoms with Crippen LogP contribution in [-0.4, -0.2) is 30.3 Å². The van der Waals surface area contributed by atoms with Crippen molar-refractivity contribution in [1.29, 1.82) is 0 Å². The summed E-state index contributed by atoms with van der Waals surface area (Å²) < 4.78 is 13.9. The fraction of sp³-hybridized carbons (Fsp3) is 0.207. The Morgan fingerprint density at radius 1 is 1.00 bits per heavy atom. The predicted octanol–water partition coefficient (Wildman–Crippen LogP) is 6.52. The van der Waals surface area contributed by atoms with E-state index in [2.05, 4.69) is 60.6 Å². The number of aromatic amines is 1. The van der Waals surface area contributed by atoms with Gasteiger partial charge in [-0.15, -0.1) is 0 Å². The summed E-state index contributed by atoms with van der Waals surface area (Å²) in [5, 5.41) is 4.45. The molecule has 1 aliphatic rings. The maximum Gasteiger partial charge on any atom is 0.123 e. The molecular formula is C29H28FN3. The van der Waals surface area contributed by atoms with E-state index in [-0.39, 0.29) is 5.82 Å². The molecule has 2 heterocycles. The van der Waals surface area contributed by atoms with Crippen LogP contribution in [0.2, 0.25) is 0 Å². The molecule has 0 atom stereocenters. The minimum absolute atomic E-state index is 0.229. The molecule has 0 spiro atoms. The molecule has 0 unspecified atom stereocenters. The van der Waals surface area contributed by atoms with Crippen molar-refractivity contribution < 1.29 is 4.39 Å². The number of hydrogen-bond donors (Lipinski definition) is 2.